The molecule has 2 atom stereocenters. The Morgan fingerprint density at radius 2 is 1.90 bits per heavy atom. The lowest BCUT2D eigenvalue weighted by Crippen LogP contribution is -2.46. The molecular weight excluding hydrogens is 376 g/mol. The Balaban J connectivity index is 1.43. The summed E-state index contributed by atoms with van der Waals surface area (Å²) < 4.78 is 11.1. The van der Waals surface area contributed by atoms with Crippen molar-refractivity contribution in [2.75, 3.05) is 32.8 Å². The summed E-state index contributed by atoms with van der Waals surface area (Å²) in [6, 6.07) is 18.9. The van der Waals surface area contributed by atoms with Gasteiger partial charge in [-0.25, -0.2) is 0 Å². The number of carbonyl (C=O) groups is 1. The molecule has 0 radical (unpaired) electrons. The third-order valence-corrected chi connectivity index (χ3v) is 5.55. The van der Waals surface area contributed by atoms with Crippen molar-refractivity contribution in [3.8, 4) is 5.75 Å². The van der Waals surface area contributed by atoms with Gasteiger partial charge in [0, 0.05) is 12.6 Å². The molecule has 1 heterocycles. The van der Waals surface area contributed by atoms with Crippen LogP contribution in [0.1, 0.15) is 37.3 Å². The molecule has 2 unspecified atom stereocenters. The average Bonchev–Trinajstić information content (AvgIpc) is 2.78. The predicted molar refractivity (Wildman–Crippen MR) is 120 cm³/mol. The van der Waals surface area contributed by atoms with Gasteiger partial charge in [0.1, 0.15) is 12.4 Å². The standard InChI is InChI=1S/C25H34N2O3/c1-2-29-25(28)18-24(22-9-6-14-26-19-22)27-15-16-30-23-12-10-21(11-13-23)17-20-7-4-3-5-8-20/h3-5,7-8,10-13,22,24,26-27H,2,6,9,14-19H2,1H3. The van der Waals surface area contributed by atoms with E-state index in [4.69, 9.17) is 9.47 Å². The molecule has 0 amide bonds. The van der Waals surface area contributed by atoms with Crippen LogP contribution >= 0.6 is 0 Å². The number of esters is 1. The molecule has 0 saturated carbocycles. The molecule has 2 aromatic carbocycles. The van der Waals surface area contributed by atoms with E-state index >= 15 is 0 Å². The zero-order valence-electron chi connectivity index (χ0n) is 17.9. The molecule has 1 aliphatic heterocycles. The van der Waals surface area contributed by atoms with E-state index in [1.807, 2.05) is 25.1 Å². The fraction of sp³-hybridized carbons (Fsp3) is 0.480. The first-order chi connectivity index (χ1) is 14.7. The number of nitrogens with one attached hydrogen (secondary N) is 2. The van der Waals surface area contributed by atoms with E-state index in [9.17, 15) is 4.79 Å². The summed E-state index contributed by atoms with van der Waals surface area (Å²) in [6.45, 7) is 5.55. The zero-order chi connectivity index (χ0) is 21.0. The molecule has 2 N–H and O–H groups in total. The van der Waals surface area contributed by atoms with Crippen LogP contribution in [0.4, 0.5) is 0 Å². The van der Waals surface area contributed by atoms with Crippen molar-refractivity contribution in [1.29, 1.82) is 0 Å². The van der Waals surface area contributed by atoms with Gasteiger partial charge < -0.3 is 20.1 Å². The number of carbonyl (C=O) groups excluding carboxylic acids is 1. The van der Waals surface area contributed by atoms with Crippen LogP contribution < -0.4 is 15.4 Å². The molecule has 5 nitrogen and oxygen atoms in total. The Kier molecular flexibility index (Phi) is 9.19. The van der Waals surface area contributed by atoms with Crippen molar-refractivity contribution in [2.45, 2.75) is 38.6 Å². The summed E-state index contributed by atoms with van der Waals surface area (Å²) in [4.78, 5) is 12.0. The van der Waals surface area contributed by atoms with Crippen molar-refractivity contribution in [2.24, 2.45) is 5.92 Å². The molecule has 1 fully saturated rings. The van der Waals surface area contributed by atoms with Gasteiger partial charge in [-0.05, 0) is 68.5 Å². The fourth-order valence-corrected chi connectivity index (χ4v) is 3.98. The molecule has 3 rings (SSSR count). The number of hydrogen-bond donors (Lipinski definition) is 2. The number of benzene rings is 2. The van der Waals surface area contributed by atoms with Crippen LogP contribution in [0.5, 0.6) is 5.75 Å². The van der Waals surface area contributed by atoms with Crippen LogP contribution in [0.15, 0.2) is 54.6 Å². The minimum atomic E-state index is -0.129. The fourth-order valence-electron chi connectivity index (χ4n) is 3.98. The molecular formula is C25H34N2O3. The van der Waals surface area contributed by atoms with Crippen LogP contribution in [0.2, 0.25) is 0 Å². The van der Waals surface area contributed by atoms with Gasteiger partial charge in [-0.15, -0.1) is 0 Å². The second-order valence-electron chi connectivity index (χ2n) is 7.83. The zero-order valence-corrected chi connectivity index (χ0v) is 17.9. The maximum absolute atomic E-state index is 12.0. The van der Waals surface area contributed by atoms with E-state index in [1.165, 1.54) is 11.1 Å². The summed E-state index contributed by atoms with van der Waals surface area (Å²) in [5.74, 6) is 1.19. The van der Waals surface area contributed by atoms with E-state index in [0.29, 0.717) is 32.1 Å². The van der Waals surface area contributed by atoms with Crippen molar-refractivity contribution in [3.05, 3.63) is 65.7 Å². The highest BCUT2D eigenvalue weighted by Gasteiger charge is 2.25. The normalized spacial score (nSPS) is 17.3. The van der Waals surface area contributed by atoms with Gasteiger partial charge >= 0.3 is 5.97 Å². The molecule has 1 aliphatic rings. The minimum Gasteiger partial charge on any atom is -0.492 e. The molecule has 2 aromatic rings. The summed E-state index contributed by atoms with van der Waals surface area (Å²) in [5.41, 5.74) is 2.58. The van der Waals surface area contributed by atoms with Gasteiger partial charge in [-0.1, -0.05) is 42.5 Å². The van der Waals surface area contributed by atoms with Crippen molar-refractivity contribution in [1.82, 2.24) is 10.6 Å². The lowest BCUT2D eigenvalue weighted by molar-refractivity contribution is -0.144. The van der Waals surface area contributed by atoms with Crippen LogP contribution in [0.25, 0.3) is 0 Å². The van der Waals surface area contributed by atoms with Gasteiger partial charge in [0.05, 0.1) is 13.0 Å². The highest BCUT2D eigenvalue weighted by molar-refractivity contribution is 5.70. The molecule has 0 spiro atoms. The first-order valence-electron chi connectivity index (χ1n) is 11.1. The van der Waals surface area contributed by atoms with Gasteiger partial charge in [-0.2, -0.15) is 0 Å². The Morgan fingerprint density at radius 3 is 2.60 bits per heavy atom. The summed E-state index contributed by atoms with van der Waals surface area (Å²) in [6.07, 6.45) is 3.62. The smallest absolute Gasteiger partial charge is 0.307 e. The topological polar surface area (TPSA) is 59.6 Å². The second-order valence-corrected chi connectivity index (χ2v) is 7.83. The van der Waals surface area contributed by atoms with Crippen LogP contribution in [0, 0.1) is 5.92 Å². The van der Waals surface area contributed by atoms with Gasteiger partial charge in [0.2, 0.25) is 0 Å². The lowest BCUT2D eigenvalue weighted by Gasteiger charge is -2.31. The van der Waals surface area contributed by atoms with E-state index < -0.39 is 0 Å². The Morgan fingerprint density at radius 1 is 1.13 bits per heavy atom. The number of piperidine rings is 1. The van der Waals surface area contributed by atoms with Crippen molar-refractivity contribution in [3.63, 3.8) is 0 Å². The van der Waals surface area contributed by atoms with Crippen LogP contribution in [-0.2, 0) is 16.0 Å². The summed E-state index contributed by atoms with van der Waals surface area (Å²) in [7, 11) is 0. The van der Waals surface area contributed by atoms with E-state index in [1.54, 1.807) is 0 Å². The van der Waals surface area contributed by atoms with E-state index in [-0.39, 0.29) is 12.0 Å². The SMILES string of the molecule is CCOC(=O)CC(NCCOc1ccc(Cc2ccccc2)cc1)C1CCCNC1. The Labute approximate surface area is 180 Å². The molecule has 1 saturated heterocycles. The number of hydrogen-bond acceptors (Lipinski definition) is 5. The van der Waals surface area contributed by atoms with Crippen LogP contribution in [-0.4, -0.2) is 44.9 Å². The molecule has 5 heteroatoms. The maximum atomic E-state index is 12.0. The average molecular weight is 411 g/mol. The molecule has 0 bridgehead atoms. The minimum absolute atomic E-state index is 0.119. The first-order valence-corrected chi connectivity index (χ1v) is 11.1. The molecule has 30 heavy (non-hydrogen) atoms. The third-order valence-electron chi connectivity index (χ3n) is 5.55. The van der Waals surface area contributed by atoms with E-state index in [2.05, 4.69) is 47.0 Å². The third kappa shape index (κ3) is 7.47. The van der Waals surface area contributed by atoms with Crippen LogP contribution in [0.3, 0.4) is 0 Å². The first kappa shape index (κ1) is 22.3. The quantitative estimate of drug-likeness (QED) is 0.438. The molecule has 0 aliphatic carbocycles. The second kappa shape index (κ2) is 12.4. The monoisotopic (exact) mass is 410 g/mol. The van der Waals surface area contributed by atoms with Crippen molar-refractivity contribution >= 4 is 5.97 Å². The predicted octanol–water partition coefficient (Wildman–Crippen LogP) is 3.57. The lowest BCUT2D eigenvalue weighted by atomic mass is 9.89. The highest BCUT2D eigenvalue weighted by atomic mass is 16.5. The van der Waals surface area contributed by atoms with Gasteiger partial charge in [-0.3, -0.25) is 4.79 Å². The molecule has 162 valence electrons. The van der Waals surface area contributed by atoms with Crippen molar-refractivity contribution < 1.29 is 14.3 Å². The Hall–Kier alpha value is -2.37. The van der Waals surface area contributed by atoms with E-state index in [0.717, 1.165) is 38.1 Å². The molecule has 0 aromatic heterocycles. The maximum Gasteiger partial charge on any atom is 0.307 e. The highest BCUT2D eigenvalue weighted by Crippen LogP contribution is 2.18. The van der Waals surface area contributed by atoms with Gasteiger partial charge in [0.25, 0.3) is 0 Å². The van der Waals surface area contributed by atoms with Gasteiger partial charge in [0.15, 0.2) is 0 Å². The summed E-state index contributed by atoms with van der Waals surface area (Å²) in [5, 5.41) is 6.96. The number of ether oxygens (including phenoxy) is 2. The largest absolute Gasteiger partial charge is 0.492 e. The summed E-state index contributed by atoms with van der Waals surface area (Å²) >= 11 is 0. The Bertz CT molecular complexity index is 743. The number of rotatable bonds is 11.